The molecule has 1 saturated heterocycles. The SMILES string of the molecule is CC(C)n1nccc1-c1cnc(CC2CCCN(S(=O)(=O)N(C)C)C2)cn1. The second kappa shape index (κ2) is 8.04. The van der Waals surface area contributed by atoms with Crippen molar-refractivity contribution in [2.24, 2.45) is 5.92 Å². The molecule has 1 fully saturated rings. The zero-order valence-electron chi connectivity index (χ0n) is 16.4. The molecular formula is C18H28N6O2S. The standard InChI is InChI=1S/C18H28N6O2S/c1-14(2)24-18(7-8-21-24)17-12-19-16(11-20-17)10-15-6-5-9-23(13-15)27(25,26)22(3)4/h7-8,11-12,14-15H,5-6,9-10,13H2,1-4H3. The minimum atomic E-state index is -3.35. The monoisotopic (exact) mass is 392 g/mol. The van der Waals surface area contributed by atoms with Crippen LogP contribution in [0.25, 0.3) is 11.4 Å². The zero-order valence-corrected chi connectivity index (χ0v) is 17.2. The topological polar surface area (TPSA) is 84.2 Å². The molecule has 1 unspecified atom stereocenters. The third kappa shape index (κ3) is 4.36. The maximum absolute atomic E-state index is 12.4. The summed E-state index contributed by atoms with van der Waals surface area (Å²) in [6.45, 7) is 5.27. The van der Waals surface area contributed by atoms with Crippen LogP contribution in [0.3, 0.4) is 0 Å². The largest absolute Gasteiger partial charge is 0.281 e. The van der Waals surface area contributed by atoms with Gasteiger partial charge < -0.3 is 0 Å². The van der Waals surface area contributed by atoms with E-state index in [9.17, 15) is 8.42 Å². The molecule has 1 aliphatic heterocycles. The summed E-state index contributed by atoms with van der Waals surface area (Å²) in [4.78, 5) is 9.13. The number of rotatable bonds is 6. The lowest BCUT2D eigenvalue weighted by atomic mass is 9.95. The van der Waals surface area contributed by atoms with E-state index in [0.29, 0.717) is 13.1 Å². The molecule has 148 valence electrons. The van der Waals surface area contributed by atoms with Crippen LogP contribution in [0.5, 0.6) is 0 Å². The van der Waals surface area contributed by atoms with Gasteiger partial charge in [0.15, 0.2) is 0 Å². The quantitative estimate of drug-likeness (QED) is 0.750. The summed E-state index contributed by atoms with van der Waals surface area (Å²) in [7, 11) is -0.205. The van der Waals surface area contributed by atoms with Gasteiger partial charge in [0.25, 0.3) is 10.2 Å². The van der Waals surface area contributed by atoms with Crippen LogP contribution in [0, 0.1) is 5.92 Å². The van der Waals surface area contributed by atoms with E-state index in [1.165, 1.54) is 4.31 Å². The molecule has 3 rings (SSSR count). The van der Waals surface area contributed by atoms with Gasteiger partial charge in [0.2, 0.25) is 0 Å². The first-order chi connectivity index (χ1) is 12.8. The molecular weight excluding hydrogens is 364 g/mol. The van der Waals surface area contributed by atoms with E-state index in [-0.39, 0.29) is 12.0 Å². The fraction of sp³-hybridized carbons (Fsp3) is 0.611. The Labute approximate surface area is 161 Å². The molecule has 0 radical (unpaired) electrons. The van der Waals surface area contributed by atoms with Crippen molar-refractivity contribution in [2.75, 3.05) is 27.2 Å². The molecule has 9 heteroatoms. The van der Waals surface area contributed by atoms with Gasteiger partial charge in [-0.1, -0.05) is 0 Å². The summed E-state index contributed by atoms with van der Waals surface area (Å²) >= 11 is 0. The van der Waals surface area contributed by atoms with Crippen molar-refractivity contribution in [3.63, 3.8) is 0 Å². The first-order valence-corrected chi connectivity index (χ1v) is 10.7. The average Bonchev–Trinajstić information content (AvgIpc) is 3.12. The third-order valence-electron chi connectivity index (χ3n) is 4.89. The van der Waals surface area contributed by atoms with Crippen LogP contribution in [0.4, 0.5) is 0 Å². The molecule has 0 aliphatic carbocycles. The summed E-state index contributed by atoms with van der Waals surface area (Å²) in [6.07, 6.45) is 7.96. The highest BCUT2D eigenvalue weighted by Crippen LogP contribution is 2.24. The van der Waals surface area contributed by atoms with Gasteiger partial charge in [0, 0.05) is 45.6 Å². The number of hydrogen-bond donors (Lipinski definition) is 0. The van der Waals surface area contributed by atoms with E-state index in [2.05, 4.69) is 28.9 Å². The molecule has 0 bridgehead atoms. The van der Waals surface area contributed by atoms with Crippen LogP contribution in [0.2, 0.25) is 0 Å². The fourth-order valence-corrected chi connectivity index (χ4v) is 4.67. The maximum Gasteiger partial charge on any atom is 0.281 e. The van der Waals surface area contributed by atoms with E-state index >= 15 is 0 Å². The van der Waals surface area contributed by atoms with Gasteiger partial charge in [-0.25, -0.2) is 0 Å². The Morgan fingerprint density at radius 2 is 2.04 bits per heavy atom. The van der Waals surface area contributed by atoms with E-state index < -0.39 is 10.2 Å². The lowest BCUT2D eigenvalue weighted by molar-refractivity contribution is 0.253. The van der Waals surface area contributed by atoms with Crippen molar-refractivity contribution in [1.82, 2.24) is 28.4 Å². The van der Waals surface area contributed by atoms with E-state index in [1.54, 1.807) is 37.0 Å². The number of hydrogen-bond acceptors (Lipinski definition) is 5. The van der Waals surface area contributed by atoms with Gasteiger partial charge in [0.05, 0.1) is 17.6 Å². The zero-order chi connectivity index (χ0) is 19.6. The van der Waals surface area contributed by atoms with Crippen LogP contribution < -0.4 is 0 Å². The molecule has 2 aromatic rings. The first-order valence-electron chi connectivity index (χ1n) is 9.31. The molecule has 1 aliphatic rings. The first kappa shape index (κ1) is 19.9. The molecule has 0 saturated carbocycles. The third-order valence-corrected chi connectivity index (χ3v) is 6.80. The highest BCUT2D eigenvalue weighted by molar-refractivity contribution is 7.86. The Kier molecular flexibility index (Phi) is 5.92. The molecule has 0 aromatic carbocycles. The number of nitrogens with zero attached hydrogens (tertiary/aromatic N) is 6. The molecule has 1 atom stereocenters. The fourth-order valence-electron chi connectivity index (χ4n) is 3.45. The van der Waals surface area contributed by atoms with E-state index in [4.69, 9.17) is 0 Å². The predicted molar refractivity (Wildman–Crippen MR) is 104 cm³/mol. The number of aromatic nitrogens is 4. The Bertz CT molecular complexity index is 860. The van der Waals surface area contributed by atoms with Gasteiger partial charge in [-0.05, 0) is 45.1 Å². The normalized spacial score (nSPS) is 19.1. The highest BCUT2D eigenvalue weighted by Gasteiger charge is 2.30. The second-order valence-electron chi connectivity index (χ2n) is 7.51. The number of piperidine rings is 1. The summed E-state index contributed by atoms with van der Waals surface area (Å²) in [5.41, 5.74) is 2.64. The van der Waals surface area contributed by atoms with Crippen LogP contribution in [-0.4, -0.2) is 64.0 Å². The van der Waals surface area contributed by atoms with Crippen LogP contribution in [-0.2, 0) is 16.6 Å². The van der Waals surface area contributed by atoms with Gasteiger partial charge in [-0.3, -0.25) is 14.6 Å². The lowest BCUT2D eigenvalue weighted by Crippen LogP contribution is -2.45. The predicted octanol–water partition coefficient (Wildman–Crippen LogP) is 1.98. The van der Waals surface area contributed by atoms with Crippen molar-refractivity contribution in [3.8, 4) is 11.4 Å². The average molecular weight is 393 g/mol. The van der Waals surface area contributed by atoms with E-state index in [0.717, 1.165) is 36.3 Å². The molecule has 2 aromatic heterocycles. The molecule has 0 amide bonds. The van der Waals surface area contributed by atoms with Crippen LogP contribution in [0.15, 0.2) is 24.7 Å². The molecule has 8 nitrogen and oxygen atoms in total. The van der Waals surface area contributed by atoms with Gasteiger partial charge in [-0.2, -0.15) is 22.1 Å². The van der Waals surface area contributed by atoms with Crippen molar-refractivity contribution >= 4 is 10.2 Å². The molecule has 3 heterocycles. The van der Waals surface area contributed by atoms with Crippen molar-refractivity contribution < 1.29 is 8.42 Å². The Morgan fingerprint density at radius 1 is 1.26 bits per heavy atom. The van der Waals surface area contributed by atoms with E-state index in [1.807, 2.05) is 10.7 Å². The Hall–Kier alpha value is -1.84. The van der Waals surface area contributed by atoms with Gasteiger partial charge in [-0.15, -0.1) is 0 Å². The highest BCUT2D eigenvalue weighted by atomic mass is 32.2. The van der Waals surface area contributed by atoms with Crippen molar-refractivity contribution in [3.05, 3.63) is 30.4 Å². The van der Waals surface area contributed by atoms with Crippen molar-refractivity contribution in [1.29, 1.82) is 0 Å². The van der Waals surface area contributed by atoms with Crippen LogP contribution >= 0.6 is 0 Å². The summed E-state index contributed by atoms with van der Waals surface area (Å²) < 4.78 is 29.5. The minimum Gasteiger partial charge on any atom is -0.261 e. The Morgan fingerprint density at radius 3 is 2.67 bits per heavy atom. The lowest BCUT2D eigenvalue weighted by Gasteiger charge is -2.33. The minimum absolute atomic E-state index is 0.253. The summed E-state index contributed by atoms with van der Waals surface area (Å²) in [5, 5.41) is 4.34. The smallest absolute Gasteiger partial charge is 0.261 e. The van der Waals surface area contributed by atoms with Gasteiger partial charge in [0.1, 0.15) is 5.69 Å². The van der Waals surface area contributed by atoms with Gasteiger partial charge >= 0.3 is 0 Å². The second-order valence-corrected chi connectivity index (χ2v) is 9.65. The summed E-state index contributed by atoms with van der Waals surface area (Å²) in [6, 6.07) is 2.19. The molecule has 0 spiro atoms. The van der Waals surface area contributed by atoms with Crippen molar-refractivity contribution in [2.45, 2.75) is 39.2 Å². The molecule has 27 heavy (non-hydrogen) atoms. The maximum atomic E-state index is 12.4. The summed E-state index contributed by atoms with van der Waals surface area (Å²) in [5.74, 6) is 0.259. The van der Waals surface area contributed by atoms with Crippen LogP contribution in [0.1, 0.15) is 38.4 Å². The Balaban J connectivity index is 1.69. The molecule has 0 N–H and O–H groups in total.